The van der Waals surface area contributed by atoms with E-state index in [-0.39, 0.29) is 17.7 Å². The SMILES string of the molecule is CCC(CC)N(CC(C)C)C(=O)c1ccc(Br)c(O)c1. The van der Waals surface area contributed by atoms with Crippen LogP contribution in [0.4, 0.5) is 0 Å². The van der Waals surface area contributed by atoms with Crippen molar-refractivity contribution in [3.05, 3.63) is 28.2 Å². The number of phenols is 1. The minimum Gasteiger partial charge on any atom is -0.507 e. The highest BCUT2D eigenvalue weighted by molar-refractivity contribution is 9.10. The van der Waals surface area contributed by atoms with E-state index in [9.17, 15) is 9.90 Å². The molecule has 0 saturated heterocycles. The van der Waals surface area contributed by atoms with Gasteiger partial charge in [0.05, 0.1) is 4.47 Å². The van der Waals surface area contributed by atoms with Crippen LogP contribution in [0.5, 0.6) is 5.75 Å². The Morgan fingerprint density at radius 1 is 1.30 bits per heavy atom. The van der Waals surface area contributed by atoms with Crippen LogP contribution in [0.15, 0.2) is 22.7 Å². The lowest BCUT2D eigenvalue weighted by atomic mass is 10.1. The second-order valence-electron chi connectivity index (χ2n) is 5.49. The van der Waals surface area contributed by atoms with E-state index in [2.05, 4.69) is 43.6 Å². The number of carbonyl (C=O) groups is 1. The molecule has 3 nitrogen and oxygen atoms in total. The van der Waals surface area contributed by atoms with Gasteiger partial charge >= 0.3 is 0 Å². The summed E-state index contributed by atoms with van der Waals surface area (Å²) in [5.41, 5.74) is 0.540. The Balaban J connectivity index is 3.05. The topological polar surface area (TPSA) is 40.5 Å². The van der Waals surface area contributed by atoms with Gasteiger partial charge in [0.25, 0.3) is 5.91 Å². The summed E-state index contributed by atoms with van der Waals surface area (Å²) in [6.07, 6.45) is 1.88. The second-order valence-corrected chi connectivity index (χ2v) is 6.34. The van der Waals surface area contributed by atoms with Crippen LogP contribution in [0.25, 0.3) is 0 Å². The third-order valence-electron chi connectivity index (χ3n) is 3.40. The van der Waals surface area contributed by atoms with Crippen molar-refractivity contribution in [1.29, 1.82) is 0 Å². The van der Waals surface area contributed by atoms with Crippen molar-refractivity contribution in [3.63, 3.8) is 0 Å². The van der Waals surface area contributed by atoms with Crippen molar-refractivity contribution in [2.45, 2.75) is 46.6 Å². The average molecular weight is 342 g/mol. The molecule has 0 spiro atoms. The highest BCUT2D eigenvalue weighted by Gasteiger charge is 2.23. The van der Waals surface area contributed by atoms with Gasteiger partial charge in [-0.1, -0.05) is 27.7 Å². The number of rotatable bonds is 6. The Morgan fingerprint density at radius 2 is 1.90 bits per heavy atom. The molecule has 1 rings (SSSR count). The molecule has 0 fully saturated rings. The summed E-state index contributed by atoms with van der Waals surface area (Å²) in [6, 6.07) is 5.24. The average Bonchev–Trinajstić information content (AvgIpc) is 2.41. The maximum atomic E-state index is 12.7. The second kappa shape index (κ2) is 7.67. The van der Waals surface area contributed by atoms with Crippen LogP contribution >= 0.6 is 15.9 Å². The molecule has 0 aliphatic carbocycles. The van der Waals surface area contributed by atoms with Crippen LogP contribution < -0.4 is 0 Å². The molecule has 0 unspecified atom stereocenters. The Labute approximate surface area is 130 Å². The fourth-order valence-electron chi connectivity index (χ4n) is 2.33. The highest BCUT2D eigenvalue weighted by Crippen LogP contribution is 2.26. The minimum absolute atomic E-state index is 0.00444. The van der Waals surface area contributed by atoms with Gasteiger partial charge in [-0.15, -0.1) is 0 Å². The molecule has 0 aliphatic rings. The molecule has 20 heavy (non-hydrogen) atoms. The molecule has 0 heterocycles. The standard InChI is InChI=1S/C16H24BrNO2/c1-5-13(6-2)18(10-11(3)4)16(20)12-7-8-14(17)15(19)9-12/h7-9,11,13,19H,5-6,10H2,1-4H3. The largest absolute Gasteiger partial charge is 0.507 e. The van der Waals surface area contributed by atoms with E-state index in [0.29, 0.717) is 16.0 Å². The van der Waals surface area contributed by atoms with Gasteiger partial charge in [-0.05, 0) is 52.9 Å². The van der Waals surface area contributed by atoms with Crippen LogP contribution in [0.1, 0.15) is 50.9 Å². The van der Waals surface area contributed by atoms with Gasteiger partial charge in [-0.2, -0.15) is 0 Å². The quantitative estimate of drug-likeness (QED) is 0.830. The Bertz CT molecular complexity index is 456. The first-order valence-electron chi connectivity index (χ1n) is 7.20. The van der Waals surface area contributed by atoms with Crippen molar-refractivity contribution >= 4 is 21.8 Å². The van der Waals surface area contributed by atoms with Crippen LogP contribution in [0, 0.1) is 5.92 Å². The van der Waals surface area contributed by atoms with Crippen LogP contribution in [-0.2, 0) is 0 Å². The molecule has 0 bridgehead atoms. The van der Waals surface area contributed by atoms with Crippen molar-refractivity contribution in [2.75, 3.05) is 6.54 Å². The van der Waals surface area contributed by atoms with E-state index >= 15 is 0 Å². The number of halogens is 1. The van der Waals surface area contributed by atoms with Gasteiger partial charge in [0.1, 0.15) is 5.75 Å². The van der Waals surface area contributed by atoms with Gasteiger partial charge in [0.15, 0.2) is 0 Å². The lowest BCUT2D eigenvalue weighted by Gasteiger charge is -2.32. The molecule has 0 saturated carbocycles. The van der Waals surface area contributed by atoms with E-state index in [1.54, 1.807) is 12.1 Å². The molecule has 0 aromatic heterocycles. The van der Waals surface area contributed by atoms with Gasteiger partial charge in [0, 0.05) is 18.2 Å². The highest BCUT2D eigenvalue weighted by atomic mass is 79.9. The molecule has 112 valence electrons. The molecule has 1 amide bonds. The number of phenolic OH excluding ortho intramolecular Hbond substituents is 1. The lowest BCUT2D eigenvalue weighted by Crippen LogP contribution is -2.42. The van der Waals surface area contributed by atoms with E-state index in [1.165, 1.54) is 6.07 Å². The monoisotopic (exact) mass is 341 g/mol. The van der Waals surface area contributed by atoms with E-state index in [0.717, 1.165) is 19.4 Å². The first-order chi connectivity index (χ1) is 9.40. The summed E-state index contributed by atoms with van der Waals surface area (Å²) in [4.78, 5) is 14.6. The smallest absolute Gasteiger partial charge is 0.254 e. The first kappa shape index (κ1) is 17.0. The van der Waals surface area contributed by atoms with E-state index < -0.39 is 0 Å². The summed E-state index contributed by atoms with van der Waals surface area (Å²) in [6.45, 7) is 9.17. The first-order valence-corrected chi connectivity index (χ1v) is 7.99. The molecular weight excluding hydrogens is 318 g/mol. The summed E-state index contributed by atoms with van der Waals surface area (Å²) in [7, 11) is 0. The number of benzene rings is 1. The zero-order chi connectivity index (χ0) is 15.3. The number of hydrogen-bond donors (Lipinski definition) is 1. The third kappa shape index (κ3) is 4.23. The molecule has 1 aromatic rings. The van der Waals surface area contributed by atoms with Crippen molar-refractivity contribution in [3.8, 4) is 5.75 Å². The number of aromatic hydroxyl groups is 1. The molecule has 0 aliphatic heterocycles. The summed E-state index contributed by atoms with van der Waals surface area (Å²) in [5.74, 6) is 0.517. The van der Waals surface area contributed by atoms with E-state index in [1.807, 2.05) is 4.90 Å². The molecule has 4 heteroatoms. The predicted octanol–water partition coefficient (Wildman–Crippen LogP) is 4.44. The minimum atomic E-state index is -0.00444. The zero-order valence-corrected chi connectivity index (χ0v) is 14.3. The molecule has 0 atom stereocenters. The maximum Gasteiger partial charge on any atom is 0.254 e. The van der Waals surface area contributed by atoms with Crippen molar-refractivity contribution in [2.24, 2.45) is 5.92 Å². The summed E-state index contributed by atoms with van der Waals surface area (Å²) in [5, 5.41) is 9.75. The fourth-order valence-corrected chi connectivity index (χ4v) is 2.58. The molecule has 1 N–H and O–H groups in total. The van der Waals surface area contributed by atoms with Gasteiger partial charge in [-0.3, -0.25) is 4.79 Å². The number of hydrogen-bond acceptors (Lipinski definition) is 2. The fraction of sp³-hybridized carbons (Fsp3) is 0.562. The van der Waals surface area contributed by atoms with Gasteiger partial charge in [-0.25, -0.2) is 0 Å². The maximum absolute atomic E-state index is 12.7. The van der Waals surface area contributed by atoms with Gasteiger partial charge < -0.3 is 10.0 Å². The Hall–Kier alpha value is -1.03. The zero-order valence-electron chi connectivity index (χ0n) is 12.7. The number of carbonyl (C=O) groups excluding carboxylic acids is 1. The Morgan fingerprint density at radius 3 is 2.35 bits per heavy atom. The van der Waals surface area contributed by atoms with Crippen LogP contribution in [0.3, 0.4) is 0 Å². The van der Waals surface area contributed by atoms with Gasteiger partial charge in [0.2, 0.25) is 0 Å². The summed E-state index contributed by atoms with van der Waals surface area (Å²) < 4.78 is 0.604. The normalized spacial score (nSPS) is 11.2. The lowest BCUT2D eigenvalue weighted by molar-refractivity contribution is 0.0640. The predicted molar refractivity (Wildman–Crippen MR) is 86.1 cm³/mol. The van der Waals surface area contributed by atoms with Crippen LogP contribution in [-0.4, -0.2) is 28.5 Å². The van der Waals surface area contributed by atoms with Crippen LogP contribution in [0.2, 0.25) is 0 Å². The van der Waals surface area contributed by atoms with Crippen molar-refractivity contribution in [1.82, 2.24) is 4.90 Å². The molecule has 1 aromatic carbocycles. The van der Waals surface area contributed by atoms with E-state index in [4.69, 9.17) is 0 Å². The molecular formula is C16H24BrNO2. The third-order valence-corrected chi connectivity index (χ3v) is 4.07. The molecule has 0 radical (unpaired) electrons. The number of amides is 1. The summed E-state index contributed by atoms with van der Waals surface area (Å²) >= 11 is 3.24. The Kier molecular flexibility index (Phi) is 6.53. The number of nitrogens with zero attached hydrogens (tertiary/aromatic N) is 1. The van der Waals surface area contributed by atoms with Crippen molar-refractivity contribution < 1.29 is 9.90 Å².